The van der Waals surface area contributed by atoms with Gasteiger partial charge in [0.2, 0.25) is 5.91 Å². The molecular weight excluding hydrogens is 268 g/mol. The Morgan fingerprint density at radius 1 is 1.43 bits per heavy atom. The molecule has 0 saturated heterocycles. The number of nitrogens with two attached hydrogens (primary N) is 2. The van der Waals surface area contributed by atoms with Crippen LogP contribution in [0.4, 0.5) is 0 Å². The van der Waals surface area contributed by atoms with E-state index in [0.29, 0.717) is 26.1 Å². The lowest BCUT2D eigenvalue weighted by Gasteiger charge is -2.27. The third-order valence-electron chi connectivity index (χ3n) is 3.84. The molecule has 1 aliphatic rings. The third-order valence-corrected chi connectivity index (χ3v) is 3.84. The van der Waals surface area contributed by atoms with Gasteiger partial charge in [-0.1, -0.05) is 20.3 Å². The summed E-state index contributed by atoms with van der Waals surface area (Å²) in [5.41, 5.74) is 12.3. The average molecular weight is 294 g/mol. The summed E-state index contributed by atoms with van der Waals surface area (Å²) in [4.78, 5) is 18.6. The van der Waals surface area contributed by atoms with Crippen LogP contribution in [0.3, 0.4) is 0 Å². The van der Waals surface area contributed by atoms with Gasteiger partial charge in [-0.05, 0) is 19.4 Å². The van der Waals surface area contributed by atoms with Crippen LogP contribution in [-0.2, 0) is 17.8 Å². The van der Waals surface area contributed by atoms with E-state index in [1.165, 1.54) is 0 Å². The van der Waals surface area contributed by atoms with E-state index in [-0.39, 0.29) is 11.8 Å². The molecule has 1 aliphatic heterocycles. The van der Waals surface area contributed by atoms with E-state index in [2.05, 4.69) is 4.98 Å². The molecule has 1 aromatic rings. The lowest BCUT2D eigenvalue weighted by Crippen LogP contribution is -2.45. The summed E-state index contributed by atoms with van der Waals surface area (Å²) in [7, 11) is 0. The number of aromatic nitrogens is 1. The molecule has 0 aliphatic carbocycles. The molecule has 4 N–H and O–H groups in total. The summed E-state index contributed by atoms with van der Waals surface area (Å²) in [6, 6.07) is -0.436. The first-order chi connectivity index (χ1) is 10.0. The number of hydrogen-bond acceptors (Lipinski definition) is 5. The van der Waals surface area contributed by atoms with Crippen LogP contribution >= 0.6 is 0 Å². The van der Waals surface area contributed by atoms with Crippen molar-refractivity contribution in [3.63, 3.8) is 0 Å². The number of oxazole rings is 1. The van der Waals surface area contributed by atoms with Crippen molar-refractivity contribution in [1.29, 1.82) is 0 Å². The molecule has 0 bridgehead atoms. The maximum atomic E-state index is 12.4. The highest BCUT2D eigenvalue weighted by Gasteiger charge is 2.28. The fraction of sp³-hybridized carbons (Fsp3) is 0.733. The predicted molar refractivity (Wildman–Crippen MR) is 80.6 cm³/mol. The minimum atomic E-state index is -0.436. The molecule has 2 heterocycles. The van der Waals surface area contributed by atoms with E-state index in [0.717, 1.165) is 36.6 Å². The Kier molecular flexibility index (Phi) is 5.36. The Morgan fingerprint density at radius 3 is 2.86 bits per heavy atom. The molecule has 0 radical (unpaired) electrons. The summed E-state index contributed by atoms with van der Waals surface area (Å²) in [6.07, 6.45) is 3.21. The first-order valence-electron chi connectivity index (χ1n) is 7.75. The smallest absolute Gasteiger partial charge is 0.239 e. The molecule has 1 amide bonds. The number of fused-ring (bicyclic) bond motifs is 1. The second kappa shape index (κ2) is 7.04. The van der Waals surface area contributed by atoms with Crippen LogP contribution in [0.5, 0.6) is 0 Å². The number of rotatable bonds is 6. The molecule has 118 valence electrons. The maximum absolute atomic E-state index is 12.4. The molecular formula is C15H26N4O2. The predicted octanol–water partition coefficient (Wildman–Crippen LogP) is 1.14. The summed E-state index contributed by atoms with van der Waals surface area (Å²) in [5.74, 6) is 1.94. The van der Waals surface area contributed by atoms with Crippen molar-refractivity contribution in [3.8, 4) is 0 Å². The average Bonchev–Trinajstić information content (AvgIpc) is 2.89. The SMILES string of the molecule is CC(C)c1nc2c(o1)CCN(C(=O)[C@@H](N)CCCCN)C2. The molecule has 6 heteroatoms. The molecule has 0 saturated carbocycles. The fourth-order valence-corrected chi connectivity index (χ4v) is 2.52. The highest BCUT2D eigenvalue weighted by Crippen LogP contribution is 2.24. The number of hydrogen-bond donors (Lipinski definition) is 2. The van der Waals surface area contributed by atoms with Crippen LogP contribution in [0.2, 0.25) is 0 Å². The van der Waals surface area contributed by atoms with Gasteiger partial charge in [-0.25, -0.2) is 4.98 Å². The minimum absolute atomic E-state index is 0.00627. The molecule has 1 aromatic heterocycles. The third kappa shape index (κ3) is 3.83. The molecule has 2 rings (SSSR count). The highest BCUT2D eigenvalue weighted by molar-refractivity contribution is 5.81. The first-order valence-corrected chi connectivity index (χ1v) is 7.75. The van der Waals surface area contributed by atoms with Gasteiger partial charge >= 0.3 is 0 Å². The second-order valence-electron chi connectivity index (χ2n) is 5.98. The minimum Gasteiger partial charge on any atom is -0.445 e. The van der Waals surface area contributed by atoms with Crippen molar-refractivity contribution in [1.82, 2.24) is 9.88 Å². The highest BCUT2D eigenvalue weighted by atomic mass is 16.4. The zero-order valence-corrected chi connectivity index (χ0v) is 13.0. The molecule has 0 fully saturated rings. The van der Waals surface area contributed by atoms with Crippen LogP contribution in [0.1, 0.15) is 56.4 Å². The van der Waals surface area contributed by atoms with Crippen LogP contribution in [-0.4, -0.2) is 34.9 Å². The zero-order chi connectivity index (χ0) is 15.4. The van der Waals surface area contributed by atoms with Gasteiger partial charge < -0.3 is 20.8 Å². The largest absolute Gasteiger partial charge is 0.445 e. The molecule has 1 atom stereocenters. The molecule has 21 heavy (non-hydrogen) atoms. The van der Waals surface area contributed by atoms with E-state index >= 15 is 0 Å². The van der Waals surface area contributed by atoms with Crippen LogP contribution in [0.25, 0.3) is 0 Å². The molecule has 0 unspecified atom stereocenters. The van der Waals surface area contributed by atoms with Gasteiger partial charge in [0.15, 0.2) is 5.89 Å². The molecule has 0 aromatic carbocycles. The molecule has 0 spiro atoms. The van der Waals surface area contributed by atoms with Gasteiger partial charge in [-0.2, -0.15) is 0 Å². The van der Waals surface area contributed by atoms with Gasteiger partial charge in [0.1, 0.15) is 11.5 Å². The van der Waals surface area contributed by atoms with Gasteiger partial charge in [0.05, 0.1) is 12.6 Å². The standard InChI is InChI=1S/C15H26N4O2/c1-10(2)14-18-12-9-19(8-6-13(12)21-14)15(20)11(17)5-3-4-7-16/h10-11H,3-9,16-17H2,1-2H3/t11-/m0/s1. The van der Waals surface area contributed by atoms with Crippen molar-refractivity contribution in [3.05, 3.63) is 17.3 Å². The normalized spacial score (nSPS) is 16.1. The fourth-order valence-electron chi connectivity index (χ4n) is 2.52. The summed E-state index contributed by atoms with van der Waals surface area (Å²) in [5, 5.41) is 0. The summed E-state index contributed by atoms with van der Waals surface area (Å²) >= 11 is 0. The first kappa shape index (κ1) is 16.0. The van der Waals surface area contributed by atoms with Gasteiger partial charge in [-0.15, -0.1) is 0 Å². The van der Waals surface area contributed by atoms with Crippen LogP contribution < -0.4 is 11.5 Å². The number of amides is 1. The Labute approximate surface area is 125 Å². The number of nitrogens with zero attached hydrogens (tertiary/aromatic N) is 2. The van der Waals surface area contributed by atoms with Crippen LogP contribution in [0.15, 0.2) is 4.42 Å². The van der Waals surface area contributed by atoms with E-state index in [4.69, 9.17) is 15.9 Å². The Balaban J connectivity index is 1.95. The number of carbonyl (C=O) groups excluding carboxylic acids is 1. The summed E-state index contributed by atoms with van der Waals surface area (Å²) < 4.78 is 5.74. The van der Waals surface area contributed by atoms with Crippen molar-refractivity contribution in [2.75, 3.05) is 13.1 Å². The lowest BCUT2D eigenvalue weighted by atomic mass is 10.1. The van der Waals surface area contributed by atoms with Gasteiger partial charge in [0, 0.05) is 18.9 Å². The second-order valence-corrected chi connectivity index (χ2v) is 5.98. The monoisotopic (exact) mass is 294 g/mol. The Morgan fingerprint density at radius 2 is 2.19 bits per heavy atom. The number of unbranched alkanes of at least 4 members (excludes halogenated alkanes) is 1. The van der Waals surface area contributed by atoms with Crippen molar-refractivity contribution in [2.45, 2.75) is 58.0 Å². The summed E-state index contributed by atoms with van der Waals surface area (Å²) in [6.45, 7) is 5.91. The van der Waals surface area contributed by atoms with Crippen molar-refractivity contribution in [2.24, 2.45) is 11.5 Å². The van der Waals surface area contributed by atoms with E-state index < -0.39 is 6.04 Å². The maximum Gasteiger partial charge on any atom is 0.239 e. The van der Waals surface area contributed by atoms with E-state index in [9.17, 15) is 4.79 Å². The zero-order valence-electron chi connectivity index (χ0n) is 13.0. The lowest BCUT2D eigenvalue weighted by molar-refractivity contribution is -0.133. The Bertz CT molecular complexity index is 484. The Hall–Kier alpha value is -1.40. The number of carbonyl (C=O) groups is 1. The van der Waals surface area contributed by atoms with Crippen molar-refractivity contribution >= 4 is 5.91 Å². The van der Waals surface area contributed by atoms with Gasteiger partial charge in [-0.3, -0.25) is 4.79 Å². The topological polar surface area (TPSA) is 98.4 Å². The quantitative estimate of drug-likeness (QED) is 0.767. The molecule has 6 nitrogen and oxygen atoms in total. The van der Waals surface area contributed by atoms with Crippen molar-refractivity contribution < 1.29 is 9.21 Å². The van der Waals surface area contributed by atoms with Gasteiger partial charge in [0.25, 0.3) is 0 Å². The van der Waals surface area contributed by atoms with Crippen LogP contribution in [0, 0.1) is 0 Å². The van der Waals surface area contributed by atoms with E-state index in [1.807, 2.05) is 13.8 Å². The van der Waals surface area contributed by atoms with E-state index in [1.54, 1.807) is 4.90 Å².